The van der Waals surface area contributed by atoms with E-state index in [0.29, 0.717) is 0 Å². The van der Waals surface area contributed by atoms with E-state index in [0.717, 1.165) is 0 Å². The van der Waals surface area contributed by atoms with Gasteiger partial charge in [0.15, 0.2) is 0 Å². The van der Waals surface area contributed by atoms with Crippen LogP contribution in [0.15, 0.2) is 0 Å². The molecule has 0 aromatic rings. The Bertz CT molecular complexity index is 1230. The summed E-state index contributed by atoms with van der Waals surface area (Å²) in [5.74, 6) is 0. The van der Waals surface area contributed by atoms with Gasteiger partial charge in [0.1, 0.15) is 0 Å². The van der Waals surface area contributed by atoms with Gasteiger partial charge in [-0.25, -0.2) is 27.4 Å². The van der Waals surface area contributed by atoms with Gasteiger partial charge in [0.2, 0.25) is 0 Å². The summed E-state index contributed by atoms with van der Waals surface area (Å²) in [7, 11) is -64.4. The Hall–Kier alpha value is 3.69. The molecule has 0 radical (unpaired) electrons. The van der Waals surface area contributed by atoms with Crippen molar-refractivity contribution in [1.29, 1.82) is 0 Å². The van der Waals surface area contributed by atoms with E-state index in [4.69, 9.17) is 58.7 Å². The minimum absolute atomic E-state index is 0. The number of rotatable bonds is 12. The maximum atomic E-state index is 9.63. The van der Waals surface area contributed by atoms with Gasteiger partial charge in [-0.2, -0.15) is 12.9 Å². The van der Waals surface area contributed by atoms with Crippen LogP contribution < -0.4 is 58.7 Å². The molecule has 0 rings (SSSR count). The first-order valence-electron chi connectivity index (χ1n) is 8.97. The summed E-state index contributed by atoms with van der Waals surface area (Å²) in [5, 5.41) is 0. The smallest absolute Gasteiger partial charge is 0.790 e. The van der Waals surface area contributed by atoms with E-state index in [9.17, 15) is 114 Å². The van der Waals surface area contributed by atoms with E-state index < -0.39 is 93.9 Å². The molecule has 0 aliphatic rings. The number of phosphoric acid groups is 12. The molecule has 58 heavy (non-hydrogen) atoms. The summed E-state index contributed by atoms with van der Waals surface area (Å²) in [6.07, 6.45) is 0. The second-order valence-corrected chi connectivity index (χ2v) is 21.3. The quantitative estimate of drug-likeness (QED) is 0.0638. The molecule has 336 valence electrons. The molecule has 0 unspecified atom stereocenters. The van der Waals surface area contributed by atoms with Gasteiger partial charge in [-0.3, -0.25) is 0 Å². The molecule has 0 bridgehead atoms. The van der Waals surface area contributed by atoms with Crippen LogP contribution in [0.3, 0.4) is 0 Å². The third-order valence-electron chi connectivity index (χ3n) is 1.24. The van der Waals surface area contributed by atoms with Gasteiger partial charge >= 0.3 is 116 Å². The fourth-order valence-corrected chi connectivity index (χ4v) is 7.05. The molecular formula is H12Al4O42P12. The predicted molar refractivity (Wildman–Crippen MR) is 147 cm³/mol. The molecule has 0 fully saturated rings. The molecule has 12 N–H and O–H groups in total. The van der Waals surface area contributed by atoms with Gasteiger partial charge in [-0.15, -0.1) is 0 Å². The standard InChI is InChI=1S/4Al.6H4O7P2/c;;;;6*1-8(2,3)7-9(4,5)6/h;;;;6*(H2,1,2,3)(H2,4,5,6)/q4*+3;;;;;;/p-12. The third-order valence-corrected chi connectivity index (χ3v) is 11.1. The minimum atomic E-state index is -5.68. The monoisotopic (exact) mass is 1160 g/mol. The molecule has 0 aromatic heterocycles. The molecule has 0 saturated heterocycles. The number of hydrogen-bond acceptors (Lipinski definition) is 30. The number of hydrogen-bond donors (Lipinski definition) is 12. The van der Waals surface area contributed by atoms with Crippen molar-refractivity contribution in [2.24, 2.45) is 0 Å². The summed E-state index contributed by atoms with van der Waals surface area (Å²) in [6, 6.07) is 0. The van der Waals surface area contributed by atoms with E-state index in [1.54, 1.807) is 0 Å². The van der Waals surface area contributed by atoms with Crippen molar-refractivity contribution >= 4 is 163 Å². The summed E-state index contributed by atoms with van der Waals surface area (Å²) < 4.78 is 130. The van der Waals surface area contributed by atoms with Crippen LogP contribution in [0.1, 0.15) is 0 Å². The summed E-state index contributed by atoms with van der Waals surface area (Å²) in [4.78, 5) is 205. The van der Waals surface area contributed by atoms with Crippen molar-refractivity contribution in [2.75, 3.05) is 0 Å². The first-order valence-corrected chi connectivity index (χ1v) is 26.9. The van der Waals surface area contributed by atoms with Crippen molar-refractivity contribution in [3.63, 3.8) is 0 Å². The zero-order valence-corrected chi connectivity index (χ0v) is 40.6. The van der Waals surface area contributed by atoms with Gasteiger partial charge in [0, 0.05) is 0 Å². The maximum absolute atomic E-state index is 9.63. The van der Waals surface area contributed by atoms with E-state index in [2.05, 4.69) is 25.9 Å². The zero-order valence-electron chi connectivity index (χ0n) is 25.3. The molecule has 0 spiro atoms. The Morgan fingerprint density at radius 2 is 0.276 bits per heavy atom. The molecule has 0 atom stereocenters. The molecule has 0 aliphatic heterocycles. The van der Waals surface area contributed by atoms with Crippen molar-refractivity contribution in [1.82, 2.24) is 0 Å². The fraction of sp³-hybridized carbons (Fsp3) is 0. The average Bonchev–Trinajstić information content (AvgIpc) is 2.50. The Morgan fingerprint density at radius 1 is 0.207 bits per heavy atom. The third kappa shape index (κ3) is 131. The second-order valence-electron chi connectivity index (χ2n) is 6.12. The summed E-state index contributed by atoms with van der Waals surface area (Å²) in [6.45, 7) is 0. The summed E-state index contributed by atoms with van der Waals surface area (Å²) >= 11 is 0. The van der Waals surface area contributed by atoms with Crippen LogP contribution >= 0.6 is 93.9 Å². The van der Waals surface area contributed by atoms with Crippen LogP contribution in [0.5, 0.6) is 0 Å². The van der Waals surface area contributed by atoms with E-state index in [1.807, 2.05) is 0 Å². The fourth-order valence-electron chi connectivity index (χ4n) is 0.783. The zero-order chi connectivity index (χ0) is 46.2. The topological polar surface area (TPSA) is 780 Å². The summed E-state index contributed by atoms with van der Waals surface area (Å²) in [5.41, 5.74) is 0. The van der Waals surface area contributed by atoms with Crippen LogP contribution in [0, 0.1) is 0 Å². The van der Waals surface area contributed by atoms with Gasteiger partial charge in [0.25, 0.3) is 0 Å². The van der Waals surface area contributed by atoms with Crippen LogP contribution in [0.4, 0.5) is 0 Å². The van der Waals surface area contributed by atoms with Gasteiger partial charge in [-0.1, -0.05) is 0 Å². The van der Waals surface area contributed by atoms with Crippen molar-refractivity contribution in [3.8, 4) is 0 Å². The predicted octanol–water partition coefficient (Wildman–Crippen LogP) is -14.0. The molecule has 0 aliphatic carbocycles. The Morgan fingerprint density at radius 3 is 0.276 bits per heavy atom. The average molecular weight is 1160 g/mol. The first-order chi connectivity index (χ1) is 22.2. The molecule has 58 heteroatoms. The van der Waals surface area contributed by atoms with Crippen LogP contribution in [0.25, 0.3) is 0 Å². The van der Waals surface area contributed by atoms with Gasteiger partial charge < -0.3 is 158 Å². The largest absolute Gasteiger partial charge is 3.00 e. The van der Waals surface area contributed by atoms with E-state index in [-0.39, 0.29) is 69.4 Å². The molecule has 0 aromatic carbocycles. The molecule has 0 amide bonds. The first kappa shape index (κ1) is 85.0. The normalized spacial score (nSPS) is 12.8. The second kappa shape index (κ2) is 32.4. The van der Waals surface area contributed by atoms with Crippen LogP contribution in [0.2, 0.25) is 0 Å². The Labute approximate surface area is 359 Å². The minimum Gasteiger partial charge on any atom is -0.790 e. The molecule has 0 saturated carbocycles. The Kier molecular flexibility index (Phi) is 47.5. The SMILES string of the molecule is O=P(O)(O)OP(=O)(O)O.O=P(O)(O)OP(=O)(O)O.O=P(O)(O)OP(=O)(O)O.O=P([O-])([O-])OP(=O)([O-])[O-].O=P([O-])([O-])OP(=O)([O-])[O-].O=P([O-])([O-])OP(=O)([O-])[O-].[Al+3].[Al+3].[Al+3].[Al+3]. The Balaban J connectivity index is -0.0000000588. The van der Waals surface area contributed by atoms with Crippen molar-refractivity contribution < 1.29 is 198 Å². The van der Waals surface area contributed by atoms with Crippen molar-refractivity contribution in [3.05, 3.63) is 0 Å². The van der Waals surface area contributed by atoms with E-state index in [1.165, 1.54) is 0 Å². The molecular weight excluding hydrogens is 1150 g/mol. The molecule has 0 heterocycles. The molecule has 42 nitrogen and oxygen atoms in total. The maximum Gasteiger partial charge on any atom is 3.00 e. The van der Waals surface area contributed by atoms with Gasteiger partial charge in [-0.05, 0) is 0 Å². The van der Waals surface area contributed by atoms with Crippen molar-refractivity contribution in [2.45, 2.75) is 0 Å². The van der Waals surface area contributed by atoms with Crippen LogP contribution in [-0.2, 0) is 80.6 Å². The van der Waals surface area contributed by atoms with Crippen LogP contribution in [-0.4, -0.2) is 128 Å². The van der Waals surface area contributed by atoms with Gasteiger partial charge in [0.05, 0.1) is 46.9 Å². The van der Waals surface area contributed by atoms with E-state index >= 15 is 0 Å².